The SMILES string of the molecule is CCCNc1nc(Nc2ccc(C)cc2)c2nccnc2n1. The Kier molecular flexibility index (Phi) is 4.09. The third kappa shape index (κ3) is 3.11. The summed E-state index contributed by atoms with van der Waals surface area (Å²) >= 11 is 0. The summed E-state index contributed by atoms with van der Waals surface area (Å²) in [5, 5.41) is 6.49. The Labute approximate surface area is 129 Å². The lowest BCUT2D eigenvalue weighted by atomic mass is 10.2. The summed E-state index contributed by atoms with van der Waals surface area (Å²) in [5.41, 5.74) is 3.40. The monoisotopic (exact) mass is 294 g/mol. The maximum absolute atomic E-state index is 4.52. The molecule has 0 spiro atoms. The van der Waals surface area contributed by atoms with E-state index in [4.69, 9.17) is 0 Å². The minimum atomic E-state index is 0.560. The molecule has 0 saturated carbocycles. The van der Waals surface area contributed by atoms with Crippen LogP contribution in [0.15, 0.2) is 36.7 Å². The highest BCUT2D eigenvalue weighted by Gasteiger charge is 2.09. The van der Waals surface area contributed by atoms with Gasteiger partial charge in [-0.1, -0.05) is 24.6 Å². The molecule has 1 aromatic carbocycles. The summed E-state index contributed by atoms with van der Waals surface area (Å²) in [7, 11) is 0. The van der Waals surface area contributed by atoms with Crippen LogP contribution in [0.4, 0.5) is 17.5 Å². The van der Waals surface area contributed by atoms with Crippen molar-refractivity contribution in [3.63, 3.8) is 0 Å². The first-order valence-electron chi connectivity index (χ1n) is 7.32. The molecule has 112 valence electrons. The van der Waals surface area contributed by atoms with E-state index in [0.717, 1.165) is 18.7 Å². The number of hydrogen-bond acceptors (Lipinski definition) is 6. The van der Waals surface area contributed by atoms with E-state index in [1.54, 1.807) is 12.4 Å². The number of nitrogens with zero attached hydrogens (tertiary/aromatic N) is 4. The Morgan fingerprint density at radius 1 is 1.00 bits per heavy atom. The lowest BCUT2D eigenvalue weighted by Crippen LogP contribution is -2.07. The van der Waals surface area contributed by atoms with Gasteiger partial charge in [-0.3, -0.25) is 0 Å². The zero-order valence-corrected chi connectivity index (χ0v) is 12.7. The highest BCUT2D eigenvalue weighted by molar-refractivity contribution is 5.85. The van der Waals surface area contributed by atoms with Crippen LogP contribution in [0.5, 0.6) is 0 Å². The number of anilines is 3. The lowest BCUT2D eigenvalue weighted by Gasteiger charge is -2.10. The smallest absolute Gasteiger partial charge is 0.226 e. The van der Waals surface area contributed by atoms with Gasteiger partial charge >= 0.3 is 0 Å². The molecule has 0 fully saturated rings. The standard InChI is InChI=1S/C16H18N6/c1-3-8-19-16-21-14-13(17-9-10-18-14)15(22-16)20-12-6-4-11(2)5-7-12/h4-7,9-10H,3,8H2,1-2H3,(H2,18,19,20,21,22). The molecule has 0 bridgehead atoms. The van der Waals surface area contributed by atoms with Crippen molar-refractivity contribution < 1.29 is 0 Å². The fraction of sp³-hybridized carbons (Fsp3) is 0.250. The van der Waals surface area contributed by atoms with E-state index >= 15 is 0 Å². The summed E-state index contributed by atoms with van der Waals surface area (Å²) < 4.78 is 0. The van der Waals surface area contributed by atoms with Crippen LogP contribution in [0, 0.1) is 6.92 Å². The van der Waals surface area contributed by atoms with Crippen LogP contribution < -0.4 is 10.6 Å². The first-order valence-corrected chi connectivity index (χ1v) is 7.32. The molecule has 3 rings (SSSR count). The van der Waals surface area contributed by atoms with E-state index in [-0.39, 0.29) is 0 Å². The number of benzene rings is 1. The van der Waals surface area contributed by atoms with Gasteiger partial charge in [-0.15, -0.1) is 0 Å². The Balaban J connectivity index is 2.00. The first kappa shape index (κ1) is 14.2. The number of fused-ring (bicyclic) bond motifs is 1. The molecule has 0 aliphatic carbocycles. The Morgan fingerprint density at radius 2 is 1.77 bits per heavy atom. The molecule has 2 heterocycles. The zero-order valence-electron chi connectivity index (χ0n) is 12.7. The van der Waals surface area contributed by atoms with Crippen molar-refractivity contribution in [2.24, 2.45) is 0 Å². The van der Waals surface area contributed by atoms with Crippen LogP contribution >= 0.6 is 0 Å². The Hall–Kier alpha value is -2.76. The van der Waals surface area contributed by atoms with E-state index in [0.29, 0.717) is 22.9 Å². The van der Waals surface area contributed by atoms with E-state index in [9.17, 15) is 0 Å². The largest absolute Gasteiger partial charge is 0.354 e. The Morgan fingerprint density at radius 3 is 2.55 bits per heavy atom. The minimum Gasteiger partial charge on any atom is -0.354 e. The van der Waals surface area contributed by atoms with Crippen molar-refractivity contribution in [3.05, 3.63) is 42.2 Å². The van der Waals surface area contributed by atoms with Gasteiger partial charge in [0.15, 0.2) is 17.0 Å². The summed E-state index contributed by atoms with van der Waals surface area (Å²) in [6, 6.07) is 8.12. The fourth-order valence-electron chi connectivity index (χ4n) is 2.04. The van der Waals surface area contributed by atoms with Gasteiger partial charge in [-0.05, 0) is 25.5 Å². The second-order valence-electron chi connectivity index (χ2n) is 5.04. The third-order valence-corrected chi connectivity index (χ3v) is 3.18. The van der Waals surface area contributed by atoms with E-state index < -0.39 is 0 Å². The normalized spacial score (nSPS) is 10.6. The number of rotatable bonds is 5. The quantitative estimate of drug-likeness (QED) is 0.752. The molecule has 0 unspecified atom stereocenters. The van der Waals surface area contributed by atoms with Gasteiger partial charge in [0.25, 0.3) is 0 Å². The predicted molar refractivity (Wildman–Crippen MR) is 88.4 cm³/mol. The van der Waals surface area contributed by atoms with E-state index in [2.05, 4.69) is 44.4 Å². The van der Waals surface area contributed by atoms with Gasteiger partial charge in [0.1, 0.15) is 0 Å². The van der Waals surface area contributed by atoms with Crippen molar-refractivity contribution in [3.8, 4) is 0 Å². The van der Waals surface area contributed by atoms with Gasteiger partial charge in [0.05, 0.1) is 0 Å². The average molecular weight is 294 g/mol. The van der Waals surface area contributed by atoms with E-state index in [1.807, 2.05) is 24.3 Å². The molecular formula is C16H18N6. The van der Waals surface area contributed by atoms with Crippen LogP contribution in [-0.2, 0) is 0 Å². The molecule has 0 atom stereocenters. The number of aryl methyl sites for hydroxylation is 1. The highest BCUT2D eigenvalue weighted by Crippen LogP contribution is 2.22. The van der Waals surface area contributed by atoms with Gasteiger partial charge in [0, 0.05) is 24.6 Å². The maximum Gasteiger partial charge on any atom is 0.226 e. The third-order valence-electron chi connectivity index (χ3n) is 3.18. The van der Waals surface area contributed by atoms with Crippen LogP contribution in [0.25, 0.3) is 11.2 Å². The molecule has 2 aromatic heterocycles. The molecule has 3 aromatic rings. The number of aromatic nitrogens is 4. The number of nitrogens with one attached hydrogen (secondary N) is 2. The van der Waals surface area contributed by atoms with E-state index in [1.165, 1.54) is 5.56 Å². The van der Waals surface area contributed by atoms with Crippen molar-refractivity contribution >= 4 is 28.6 Å². The second kappa shape index (κ2) is 6.34. The molecule has 0 aliphatic rings. The number of hydrogen-bond donors (Lipinski definition) is 2. The lowest BCUT2D eigenvalue weighted by molar-refractivity contribution is 0.955. The molecule has 0 radical (unpaired) electrons. The van der Waals surface area contributed by atoms with Crippen molar-refractivity contribution in [1.29, 1.82) is 0 Å². The predicted octanol–water partition coefficient (Wildman–Crippen LogP) is 3.29. The summed E-state index contributed by atoms with van der Waals surface area (Å²) in [5.74, 6) is 1.21. The van der Waals surface area contributed by atoms with Gasteiger partial charge < -0.3 is 10.6 Å². The van der Waals surface area contributed by atoms with Crippen LogP contribution in [0.2, 0.25) is 0 Å². The second-order valence-corrected chi connectivity index (χ2v) is 5.04. The van der Waals surface area contributed by atoms with Gasteiger partial charge in [-0.2, -0.15) is 9.97 Å². The summed E-state index contributed by atoms with van der Waals surface area (Å²) in [6.07, 6.45) is 4.28. The minimum absolute atomic E-state index is 0.560. The molecule has 22 heavy (non-hydrogen) atoms. The molecule has 6 nitrogen and oxygen atoms in total. The summed E-state index contributed by atoms with van der Waals surface area (Å²) in [4.78, 5) is 17.5. The van der Waals surface area contributed by atoms with Crippen LogP contribution in [0.3, 0.4) is 0 Å². The summed E-state index contributed by atoms with van der Waals surface area (Å²) in [6.45, 7) is 4.97. The van der Waals surface area contributed by atoms with Crippen molar-refractivity contribution in [2.45, 2.75) is 20.3 Å². The molecule has 0 amide bonds. The molecular weight excluding hydrogens is 276 g/mol. The Bertz CT molecular complexity index is 769. The van der Waals surface area contributed by atoms with Gasteiger partial charge in [-0.25, -0.2) is 9.97 Å². The molecule has 2 N–H and O–H groups in total. The van der Waals surface area contributed by atoms with Gasteiger partial charge in [0.2, 0.25) is 5.95 Å². The molecule has 0 saturated heterocycles. The molecule has 0 aliphatic heterocycles. The molecule has 6 heteroatoms. The first-order chi connectivity index (χ1) is 10.8. The van der Waals surface area contributed by atoms with Crippen LogP contribution in [0.1, 0.15) is 18.9 Å². The fourth-order valence-corrected chi connectivity index (χ4v) is 2.04. The van der Waals surface area contributed by atoms with Crippen LogP contribution in [-0.4, -0.2) is 26.5 Å². The zero-order chi connectivity index (χ0) is 15.4. The topological polar surface area (TPSA) is 75.6 Å². The average Bonchev–Trinajstić information content (AvgIpc) is 2.55. The van der Waals surface area contributed by atoms with Crippen molar-refractivity contribution in [1.82, 2.24) is 19.9 Å². The maximum atomic E-state index is 4.52. The highest BCUT2D eigenvalue weighted by atomic mass is 15.2. The van der Waals surface area contributed by atoms with Crippen molar-refractivity contribution in [2.75, 3.05) is 17.2 Å².